The maximum absolute atomic E-state index is 12.6. The first-order valence-corrected chi connectivity index (χ1v) is 13.9. The fourth-order valence-electron chi connectivity index (χ4n) is 7.20. The highest BCUT2D eigenvalue weighted by atomic mass is 35.5. The van der Waals surface area contributed by atoms with Crippen molar-refractivity contribution in [1.82, 2.24) is 0 Å². The van der Waals surface area contributed by atoms with E-state index in [0.29, 0.717) is 12.8 Å². The van der Waals surface area contributed by atoms with Crippen LogP contribution in [0.3, 0.4) is 0 Å². The van der Waals surface area contributed by atoms with Gasteiger partial charge in [-0.25, -0.2) is 0 Å². The minimum atomic E-state index is -1.60. The summed E-state index contributed by atoms with van der Waals surface area (Å²) in [7, 11) is 0. The number of aliphatic hydroxyl groups is 2. The first-order valence-electron chi connectivity index (χ1n) is 13.1. The van der Waals surface area contributed by atoms with Gasteiger partial charge in [0.25, 0.3) is 0 Å². The zero-order valence-corrected chi connectivity index (χ0v) is 24.2. The van der Waals surface area contributed by atoms with Crippen LogP contribution >= 0.6 is 23.2 Å². The van der Waals surface area contributed by atoms with Gasteiger partial charge in [-0.05, 0) is 55.6 Å². The Labute approximate surface area is 234 Å². The third kappa shape index (κ3) is 5.09. The van der Waals surface area contributed by atoms with E-state index in [4.69, 9.17) is 33.4 Å². The Bertz CT molecular complexity index is 1010. The van der Waals surface area contributed by atoms with Crippen LogP contribution in [0, 0.1) is 28.6 Å². The first kappa shape index (κ1) is 32.5. The number of ketones is 2. The topological polar surface area (TPSA) is 149 Å². The maximum Gasteiger partial charge on any atom is 0.303 e. The number of carbonyl (C=O) groups excluding carboxylic acids is 2. The van der Waals surface area contributed by atoms with Crippen LogP contribution in [0.25, 0.3) is 0 Å². The highest BCUT2D eigenvalue weighted by molar-refractivity contribution is 6.34. The average molecular weight is 576 g/mol. The number of Topliss-reactive ketones (excluding diaryl/α,β-unsaturated/α-hetero) is 1. The molecule has 0 radical (unpaired) electrons. The molecule has 4 N–H and O–H groups in total. The minimum absolute atomic E-state index is 0.00149. The monoisotopic (exact) mass is 574 g/mol. The van der Waals surface area contributed by atoms with Crippen molar-refractivity contribution < 1.29 is 39.6 Å². The van der Waals surface area contributed by atoms with E-state index in [1.54, 1.807) is 26.0 Å². The quantitative estimate of drug-likeness (QED) is 0.361. The molecule has 4 aliphatic carbocycles. The molecule has 3 fully saturated rings. The molecule has 0 spiro atoms. The number of halogens is 2. The third-order valence-corrected chi connectivity index (χ3v) is 10.9. The number of alkyl halides is 2. The molecule has 4 rings (SSSR count). The lowest BCUT2D eigenvalue weighted by molar-refractivity contribution is -0.167. The Morgan fingerprint density at radius 2 is 1.61 bits per heavy atom. The van der Waals surface area contributed by atoms with Crippen LogP contribution in [-0.2, 0) is 19.2 Å². The number of aliphatic hydroxyl groups excluding tert-OH is 1. The molecule has 3 saturated carbocycles. The van der Waals surface area contributed by atoms with E-state index in [1.807, 2.05) is 19.9 Å². The van der Waals surface area contributed by atoms with Crippen LogP contribution in [0.4, 0.5) is 0 Å². The molecular weight excluding hydrogens is 535 g/mol. The Kier molecular flexibility index (Phi) is 10.1. The van der Waals surface area contributed by atoms with Gasteiger partial charge in [-0.3, -0.25) is 19.2 Å². The molecule has 0 aliphatic heterocycles. The summed E-state index contributed by atoms with van der Waals surface area (Å²) in [5.74, 6) is -2.30. The number of hydrogen-bond donors (Lipinski definition) is 4. The van der Waals surface area contributed by atoms with E-state index in [1.165, 1.54) is 0 Å². The van der Waals surface area contributed by atoms with E-state index in [2.05, 4.69) is 6.92 Å². The van der Waals surface area contributed by atoms with Crippen molar-refractivity contribution in [1.29, 1.82) is 0 Å². The van der Waals surface area contributed by atoms with Crippen molar-refractivity contribution in [3.05, 3.63) is 23.8 Å². The van der Waals surface area contributed by atoms with Gasteiger partial charge in [-0.15, -0.1) is 23.2 Å². The number of allylic oxidation sites excluding steroid dienone is 4. The van der Waals surface area contributed by atoms with E-state index >= 15 is 0 Å². The van der Waals surface area contributed by atoms with Gasteiger partial charge in [0.2, 0.25) is 0 Å². The fraction of sp³-hybridized carbons (Fsp3) is 0.714. The largest absolute Gasteiger partial charge is 0.481 e. The molecule has 0 aromatic carbocycles. The van der Waals surface area contributed by atoms with Crippen LogP contribution < -0.4 is 0 Å². The standard InChI is InChI=1S/C22H28Cl2O4.2C3H6O2/c1-12-8-16-15-5-4-13-9-14(26)6-7-19(13,2)21(15,24)17(23)10-20(16,3)22(12,28)18(27)11-25;2*1-2-3(4)5/h6-7,9,12,15-17,25,28H,4-5,8,10-11H2,1-3H3;2*2H2,1H3,(H,4,5)/t12-,15-,16-,17-,19-,20-,21-,22-;;/m0../s1. The Morgan fingerprint density at radius 3 is 2.08 bits per heavy atom. The van der Waals surface area contributed by atoms with Gasteiger partial charge in [0.15, 0.2) is 11.6 Å². The molecule has 4 aliphatic rings. The summed E-state index contributed by atoms with van der Waals surface area (Å²) in [5, 5.41) is 36.0. The third-order valence-electron chi connectivity index (χ3n) is 9.35. The zero-order valence-electron chi connectivity index (χ0n) is 22.7. The summed E-state index contributed by atoms with van der Waals surface area (Å²) >= 11 is 14.4. The van der Waals surface area contributed by atoms with Gasteiger partial charge in [-0.2, -0.15) is 0 Å². The van der Waals surface area contributed by atoms with Gasteiger partial charge in [0.05, 0.1) is 10.3 Å². The first-order chi connectivity index (χ1) is 17.5. The highest BCUT2D eigenvalue weighted by Crippen LogP contribution is 2.72. The lowest BCUT2D eigenvalue weighted by Crippen LogP contribution is -2.67. The number of carboxylic acids is 2. The summed E-state index contributed by atoms with van der Waals surface area (Å²) in [4.78, 5) is 42.5. The summed E-state index contributed by atoms with van der Waals surface area (Å²) in [5.41, 5.74) is -1.86. The molecule has 0 aromatic heterocycles. The van der Waals surface area contributed by atoms with Crippen molar-refractivity contribution in [3.63, 3.8) is 0 Å². The van der Waals surface area contributed by atoms with E-state index in [0.717, 1.165) is 18.4 Å². The number of fused-ring (bicyclic) bond motifs is 5. The summed E-state index contributed by atoms with van der Waals surface area (Å²) in [6.45, 7) is 8.40. The molecule has 0 bridgehead atoms. The molecule has 8 nitrogen and oxygen atoms in total. The molecule has 214 valence electrons. The SMILES string of the molecule is CCC(=O)O.CCC(=O)O.C[C@H]1C[C@H]2[C@@H]3CCC4=CC(=O)C=C[C@]4(C)[C@@]3(Cl)[C@@H](Cl)C[C@]2(C)[C@@]1(O)C(=O)CO. The summed E-state index contributed by atoms with van der Waals surface area (Å²) < 4.78 is 0. The lowest BCUT2D eigenvalue weighted by atomic mass is 9.46. The van der Waals surface area contributed by atoms with Crippen LogP contribution in [0.15, 0.2) is 23.8 Å². The van der Waals surface area contributed by atoms with E-state index in [9.17, 15) is 29.4 Å². The molecular formula is C28H40Cl2O8. The van der Waals surface area contributed by atoms with Crippen LogP contribution in [0.1, 0.15) is 73.1 Å². The van der Waals surface area contributed by atoms with Gasteiger partial charge in [0, 0.05) is 23.7 Å². The van der Waals surface area contributed by atoms with Crippen LogP contribution in [0.5, 0.6) is 0 Å². The molecule has 0 amide bonds. The fourth-order valence-corrected chi connectivity index (χ4v) is 8.43. The molecule has 0 heterocycles. The van der Waals surface area contributed by atoms with Crippen LogP contribution in [0.2, 0.25) is 0 Å². The van der Waals surface area contributed by atoms with Crippen molar-refractivity contribution in [2.24, 2.45) is 28.6 Å². The number of rotatable bonds is 4. The second-order valence-electron chi connectivity index (χ2n) is 11.2. The molecule has 0 saturated heterocycles. The Balaban J connectivity index is 0.000000435. The van der Waals surface area contributed by atoms with Crippen molar-refractivity contribution >= 4 is 46.7 Å². The Morgan fingerprint density at radius 1 is 1.08 bits per heavy atom. The number of carboxylic acid groups (broad SMARTS) is 2. The second kappa shape index (κ2) is 11.8. The van der Waals surface area contributed by atoms with Crippen molar-refractivity contribution in [3.8, 4) is 0 Å². The van der Waals surface area contributed by atoms with Gasteiger partial charge in [-0.1, -0.05) is 46.3 Å². The number of carbonyl (C=O) groups is 4. The number of hydrogen-bond acceptors (Lipinski definition) is 6. The predicted octanol–water partition coefficient (Wildman–Crippen LogP) is 4.37. The molecule has 8 atom stereocenters. The highest BCUT2D eigenvalue weighted by Gasteiger charge is 2.74. The van der Waals surface area contributed by atoms with Crippen LogP contribution in [-0.4, -0.2) is 66.4 Å². The predicted molar refractivity (Wildman–Crippen MR) is 144 cm³/mol. The van der Waals surface area contributed by atoms with Gasteiger partial charge >= 0.3 is 11.9 Å². The normalized spacial score (nSPS) is 40.7. The van der Waals surface area contributed by atoms with E-state index in [-0.39, 0.29) is 36.4 Å². The molecule has 0 unspecified atom stereocenters. The van der Waals surface area contributed by atoms with Crippen molar-refractivity contribution in [2.75, 3.05) is 6.61 Å². The number of aliphatic carboxylic acids is 2. The molecule has 0 aromatic rings. The smallest absolute Gasteiger partial charge is 0.303 e. The minimum Gasteiger partial charge on any atom is -0.481 e. The summed E-state index contributed by atoms with van der Waals surface area (Å²) in [6.07, 6.45) is 8.20. The van der Waals surface area contributed by atoms with Gasteiger partial charge < -0.3 is 20.4 Å². The molecule has 38 heavy (non-hydrogen) atoms. The van der Waals surface area contributed by atoms with E-state index < -0.39 is 51.0 Å². The van der Waals surface area contributed by atoms with Gasteiger partial charge in [0.1, 0.15) is 12.2 Å². The molecule has 10 heteroatoms. The Hall–Kier alpha value is -1.74. The average Bonchev–Trinajstić information content (AvgIpc) is 3.06. The lowest BCUT2D eigenvalue weighted by Gasteiger charge is -2.63. The maximum atomic E-state index is 12.6. The second-order valence-corrected chi connectivity index (χ2v) is 12.3. The summed E-state index contributed by atoms with van der Waals surface area (Å²) in [6, 6.07) is 0. The zero-order chi connectivity index (χ0) is 29.3. The van der Waals surface area contributed by atoms with Crippen molar-refractivity contribution in [2.45, 2.75) is 89.0 Å².